The molecule has 1 heterocycles. The van der Waals surface area contributed by atoms with Crippen LogP contribution in [0.5, 0.6) is 11.5 Å². The number of halogens is 6. The fraction of sp³-hybridized carbons (Fsp3) is 0.588. The van der Waals surface area contributed by atoms with Crippen LogP contribution >= 0.6 is 0 Å². The summed E-state index contributed by atoms with van der Waals surface area (Å²) < 4.78 is 106. The van der Waals surface area contributed by atoms with Crippen LogP contribution in [0.1, 0.15) is 82.6 Å². The quantitative estimate of drug-likeness (QED) is 0.0785. The number of amides is 3. The summed E-state index contributed by atoms with van der Waals surface area (Å²) in [7, 11) is 0.937. The van der Waals surface area contributed by atoms with Gasteiger partial charge in [-0.05, 0) is 87.4 Å². The molecule has 0 saturated carbocycles. The van der Waals surface area contributed by atoms with Gasteiger partial charge < -0.3 is 24.3 Å². The molecule has 2 aromatic rings. The minimum Gasteiger partial charge on any atom is -0.493 e. The van der Waals surface area contributed by atoms with E-state index in [1.807, 2.05) is 13.8 Å². The highest BCUT2D eigenvalue weighted by Crippen LogP contribution is 2.54. The topological polar surface area (TPSA) is 86.3 Å². The van der Waals surface area contributed by atoms with E-state index in [0.29, 0.717) is 37.0 Å². The van der Waals surface area contributed by atoms with Crippen molar-refractivity contribution in [2.75, 3.05) is 27.1 Å². The lowest BCUT2D eigenvalue weighted by atomic mass is 9.87. The number of hydrogen-bond acceptors (Lipinski definition) is 6. The van der Waals surface area contributed by atoms with Gasteiger partial charge in [0.05, 0.1) is 12.7 Å². The Kier molecular flexibility index (Phi) is 12.8. The number of unbranched alkanes of at least 4 members (excludes halogenated alkanes) is 1. The zero-order chi connectivity index (χ0) is 35.9. The van der Waals surface area contributed by atoms with E-state index < -0.39 is 47.8 Å². The first kappa shape index (κ1) is 38.9. The molecule has 1 N–H and O–H groups in total. The summed E-state index contributed by atoms with van der Waals surface area (Å²) in [5.74, 6) is 0.426. The lowest BCUT2D eigenvalue weighted by Gasteiger charge is -2.37. The lowest BCUT2D eigenvalue weighted by molar-refractivity contribution is -0.400. The molecule has 1 fully saturated rings. The van der Waals surface area contributed by atoms with Gasteiger partial charge in [0.2, 0.25) is 0 Å². The van der Waals surface area contributed by atoms with Crippen LogP contribution < -0.4 is 14.8 Å². The van der Waals surface area contributed by atoms with E-state index in [0.717, 1.165) is 24.1 Å². The smallest absolute Gasteiger partial charge is 0.430 e. The molecule has 0 spiro atoms. The second kappa shape index (κ2) is 15.8. The van der Waals surface area contributed by atoms with Crippen molar-refractivity contribution in [3.05, 3.63) is 58.7 Å². The van der Waals surface area contributed by atoms with Gasteiger partial charge in [0.1, 0.15) is 23.8 Å². The van der Waals surface area contributed by atoms with Gasteiger partial charge in [-0.25, -0.2) is 4.79 Å². The summed E-state index contributed by atoms with van der Waals surface area (Å²) in [6, 6.07) is 8.05. The van der Waals surface area contributed by atoms with Crippen molar-refractivity contribution in [3.63, 3.8) is 0 Å². The van der Waals surface area contributed by atoms with E-state index in [2.05, 4.69) is 14.8 Å². The first-order chi connectivity index (χ1) is 22.5. The highest BCUT2D eigenvalue weighted by Gasteiger charge is 2.73. The molecule has 1 unspecified atom stereocenters. The van der Waals surface area contributed by atoms with Gasteiger partial charge in [-0.3, -0.25) is 9.69 Å². The van der Waals surface area contributed by atoms with Crippen molar-refractivity contribution < 1.29 is 54.9 Å². The maximum absolute atomic E-state index is 14.3. The predicted molar refractivity (Wildman–Crippen MR) is 166 cm³/mol. The Labute approximate surface area is 277 Å². The molecule has 8 nitrogen and oxygen atoms in total. The third-order valence-electron chi connectivity index (χ3n) is 7.98. The Bertz CT molecular complexity index is 1350. The molecule has 0 aliphatic carbocycles. The SMILES string of the molecule is CCCc1cc(C(OCOC)(C(F)(F)F)C(F)(F)F)cc(CCC)c1OCCCCN1C(=O)NC(C)(c2ccc(OC(C)C)cc2)C1=O. The molecule has 48 heavy (non-hydrogen) atoms. The van der Waals surface area contributed by atoms with E-state index in [4.69, 9.17) is 9.47 Å². The summed E-state index contributed by atoms with van der Waals surface area (Å²) in [6.45, 7) is 7.79. The van der Waals surface area contributed by atoms with Crippen LogP contribution in [0.2, 0.25) is 0 Å². The molecular weight excluding hydrogens is 646 g/mol. The Morgan fingerprint density at radius 1 is 0.896 bits per heavy atom. The van der Waals surface area contributed by atoms with Crippen molar-refractivity contribution in [3.8, 4) is 11.5 Å². The number of methoxy groups -OCH3 is 1. The van der Waals surface area contributed by atoms with Gasteiger partial charge in [0, 0.05) is 19.2 Å². The average molecular weight is 691 g/mol. The Morgan fingerprint density at radius 2 is 1.46 bits per heavy atom. The normalized spacial score (nSPS) is 17.3. The van der Waals surface area contributed by atoms with Crippen LogP contribution in [0.3, 0.4) is 0 Å². The molecule has 1 saturated heterocycles. The number of carbonyl (C=O) groups excluding carboxylic acids is 2. The van der Waals surface area contributed by atoms with E-state index in [1.54, 1.807) is 45.0 Å². The molecule has 3 amide bonds. The number of aryl methyl sites for hydroxylation is 2. The Hall–Kier alpha value is -3.52. The molecular formula is C34H44F6N2O6. The number of rotatable bonds is 17. The standard InChI is InChI=1S/C34H44F6N2O6/c1-7-11-23-19-26(32(33(35,36)37,34(38,39)40)47-21-45-6)20-24(12-8-2)28(23)46-18-10-9-17-42-29(43)31(5,41-30(42)44)25-13-15-27(16-14-25)48-22(3)4/h13-16,19-20,22H,7-12,17-18,21H2,1-6H3,(H,41,44). The van der Waals surface area contributed by atoms with Gasteiger partial charge in [-0.15, -0.1) is 0 Å². The summed E-state index contributed by atoms with van der Waals surface area (Å²) in [6.07, 6.45) is -9.87. The zero-order valence-corrected chi connectivity index (χ0v) is 28.1. The minimum atomic E-state index is -5.85. The summed E-state index contributed by atoms with van der Waals surface area (Å²) in [5.41, 5.74) is -6.02. The molecule has 0 radical (unpaired) electrons. The summed E-state index contributed by atoms with van der Waals surface area (Å²) >= 11 is 0. The number of benzene rings is 2. The number of carbonyl (C=O) groups is 2. The third-order valence-corrected chi connectivity index (χ3v) is 7.98. The van der Waals surface area contributed by atoms with Crippen LogP contribution in [0.15, 0.2) is 36.4 Å². The number of urea groups is 1. The zero-order valence-electron chi connectivity index (χ0n) is 28.1. The van der Waals surface area contributed by atoms with Gasteiger partial charge in [-0.2, -0.15) is 26.3 Å². The molecule has 1 aliphatic rings. The molecule has 2 aromatic carbocycles. The number of alkyl halides is 6. The molecule has 14 heteroatoms. The van der Waals surface area contributed by atoms with Crippen LogP contribution in [0.25, 0.3) is 0 Å². The highest BCUT2D eigenvalue weighted by molar-refractivity contribution is 6.07. The van der Waals surface area contributed by atoms with Gasteiger partial charge >= 0.3 is 18.4 Å². The Balaban J connectivity index is 1.78. The Morgan fingerprint density at radius 3 is 1.94 bits per heavy atom. The number of ether oxygens (including phenoxy) is 4. The van der Waals surface area contributed by atoms with Gasteiger partial charge in [0.25, 0.3) is 11.5 Å². The molecule has 3 rings (SSSR count). The van der Waals surface area contributed by atoms with Crippen LogP contribution in [-0.4, -0.2) is 62.3 Å². The molecule has 268 valence electrons. The average Bonchev–Trinajstić information content (AvgIpc) is 3.20. The first-order valence-electron chi connectivity index (χ1n) is 15.9. The number of nitrogens with one attached hydrogen (secondary N) is 1. The minimum absolute atomic E-state index is 0.0292. The predicted octanol–water partition coefficient (Wildman–Crippen LogP) is 7.95. The monoisotopic (exact) mass is 690 g/mol. The van der Waals surface area contributed by atoms with Crippen LogP contribution in [-0.2, 0) is 38.2 Å². The second-order valence-corrected chi connectivity index (χ2v) is 12.1. The maximum atomic E-state index is 14.3. The fourth-order valence-corrected chi connectivity index (χ4v) is 5.72. The largest absolute Gasteiger partial charge is 0.493 e. The van der Waals surface area contributed by atoms with Gasteiger partial charge in [-0.1, -0.05) is 38.8 Å². The number of nitrogens with zero attached hydrogens (tertiary/aromatic N) is 1. The maximum Gasteiger partial charge on any atom is 0.430 e. The summed E-state index contributed by atoms with van der Waals surface area (Å²) in [4.78, 5) is 27.2. The molecule has 0 bridgehead atoms. The molecule has 1 atom stereocenters. The van der Waals surface area contributed by atoms with Crippen LogP contribution in [0.4, 0.5) is 31.1 Å². The number of hydrogen-bond donors (Lipinski definition) is 1. The van der Waals surface area contributed by atoms with E-state index in [1.165, 1.54) is 0 Å². The second-order valence-electron chi connectivity index (χ2n) is 12.1. The lowest BCUT2D eigenvalue weighted by Crippen LogP contribution is -2.56. The van der Waals surface area contributed by atoms with Crippen molar-refractivity contribution in [1.82, 2.24) is 10.2 Å². The highest BCUT2D eigenvalue weighted by atomic mass is 19.4. The van der Waals surface area contributed by atoms with Crippen molar-refractivity contribution >= 4 is 11.9 Å². The van der Waals surface area contributed by atoms with E-state index in [9.17, 15) is 35.9 Å². The first-order valence-corrected chi connectivity index (χ1v) is 15.9. The molecule has 0 aromatic heterocycles. The molecule has 1 aliphatic heterocycles. The van der Waals surface area contributed by atoms with Crippen molar-refractivity contribution in [1.29, 1.82) is 0 Å². The van der Waals surface area contributed by atoms with Crippen molar-refractivity contribution in [2.24, 2.45) is 0 Å². The van der Waals surface area contributed by atoms with Crippen molar-refractivity contribution in [2.45, 2.75) is 103 Å². The number of imide groups is 1. The van der Waals surface area contributed by atoms with E-state index in [-0.39, 0.29) is 49.0 Å². The van der Waals surface area contributed by atoms with Crippen LogP contribution in [0, 0.1) is 0 Å². The third kappa shape index (κ3) is 8.19. The fourth-order valence-electron chi connectivity index (χ4n) is 5.72. The summed E-state index contributed by atoms with van der Waals surface area (Å²) in [5, 5.41) is 2.75. The van der Waals surface area contributed by atoms with Gasteiger partial charge in [0.15, 0.2) is 0 Å². The van der Waals surface area contributed by atoms with E-state index >= 15 is 0 Å².